The molecule has 1 amide bonds. The number of hydrogen-bond donors (Lipinski definition) is 1. The van der Waals surface area contributed by atoms with Crippen molar-refractivity contribution in [2.24, 2.45) is 0 Å². The highest BCUT2D eigenvalue weighted by molar-refractivity contribution is 5.93. The number of carbonyl (C=O) groups excluding carboxylic acids is 1. The van der Waals surface area contributed by atoms with Crippen molar-refractivity contribution in [2.75, 3.05) is 38.2 Å². The SMILES string of the molecule is COc1ccc(-c2cc(C(=O)N3CCN(c4cccc(C(F)(F)F)c4)CC3)[nH]n2)cc1. The fraction of sp³-hybridized carbons (Fsp3) is 0.273. The number of piperazine rings is 1. The monoisotopic (exact) mass is 430 g/mol. The van der Waals surface area contributed by atoms with Gasteiger partial charge in [-0.25, -0.2) is 0 Å². The number of benzene rings is 2. The number of hydrogen-bond acceptors (Lipinski definition) is 4. The summed E-state index contributed by atoms with van der Waals surface area (Å²) in [5.41, 5.74) is 1.70. The van der Waals surface area contributed by atoms with Crippen LogP contribution in [0.1, 0.15) is 16.1 Å². The summed E-state index contributed by atoms with van der Waals surface area (Å²) in [5.74, 6) is 0.546. The number of carbonyl (C=O) groups is 1. The highest BCUT2D eigenvalue weighted by Gasteiger charge is 2.31. The van der Waals surface area contributed by atoms with Crippen LogP contribution in [0, 0.1) is 0 Å². The average Bonchev–Trinajstić information content (AvgIpc) is 3.28. The summed E-state index contributed by atoms with van der Waals surface area (Å²) in [6.07, 6.45) is -4.38. The predicted molar refractivity (Wildman–Crippen MR) is 110 cm³/mol. The number of nitrogens with zero attached hydrogens (tertiary/aromatic N) is 3. The Kier molecular flexibility index (Phi) is 5.58. The fourth-order valence-corrected chi connectivity index (χ4v) is 3.56. The van der Waals surface area contributed by atoms with Crippen molar-refractivity contribution >= 4 is 11.6 Å². The topological polar surface area (TPSA) is 61.5 Å². The third-order valence-electron chi connectivity index (χ3n) is 5.30. The minimum absolute atomic E-state index is 0.184. The lowest BCUT2D eigenvalue weighted by Crippen LogP contribution is -2.49. The molecule has 1 saturated heterocycles. The molecule has 0 radical (unpaired) electrons. The van der Waals surface area contributed by atoms with E-state index in [4.69, 9.17) is 4.74 Å². The zero-order chi connectivity index (χ0) is 22.0. The molecule has 0 bridgehead atoms. The van der Waals surface area contributed by atoms with Gasteiger partial charge in [0.05, 0.1) is 18.4 Å². The third-order valence-corrected chi connectivity index (χ3v) is 5.30. The number of H-pyrrole nitrogens is 1. The van der Waals surface area contributed by atoms with E-state index in [1.165, 1.54) is 6.07 Å². The molecule has 2 aromatic carbocycles. The van der Waals surface area contributed by atoms with Crippen LogP contribution in [0.25, 0.3) is 11.3 Å². The molecule has 4 rings (SSSR count). The first-order valence-electron chi connectivity index (χ1n) is 9.76. The number of methoxy groups -OCH3 is 1. The number of nitrogens with one attached hydrogen (secondary N) is 1. The number of ether oxygens (including phenoxy) is 1. The number of halogens is 3. The molecular formula is C22H21F3N4O2. The minimum Gasteiger partial charge on any atom is -0.497 e. The number of aromatic amines is 1. The third kappa shape index (κ3) is 4.50. The Morgan fingerprint density at radius 1 is 1.03 bits per heavy atom. The second-order valence-electron chi connectivity index (χ2n) is 7.22. The molecule has 1 N–H and O–H groups in total. The first-order chi connectivity index (χ1) is 14.8. The molecule has 9 heteroatoms. The van der Waals surface area contributed by atoms with E-state index in [9.17, 15) is 18.0 Å². The Labute approximate surface area is 177 Å². The molecule has 0 aliphatic carbocycles. The van der Waals surface area contributed by atoms with Crippen molar-refractivity contribution in [3.05, 3.63) is 65.9 Å². The van der Waals surface area contributed by atoms with Gasteiger partial charge in [-0.1, -0.05) is 6.07 Å². The molecule has 2 heterocycles. The number of amides is 1. The molecule has 6 nitrogen and oxygen atoms in total. The van der Waals surface area contributed by atoms with Crippen LogP contribution in [0.15, 0.2) is 54.6 Å². The lowest BCUT2D eigenvalue weighted by atomic mass is 10.1. The van der Waals surface area contributed by atoms with Crippen LogP contribution in [-0.2, 0) is 6.18 Å². The van der Waals surface area contributed by atoms with E-state index < -0.39 is 11.7 Å². The second-order valence-corrected chi connectivity index (χ2v) is 7.22. The second kappa shape index (κ2) is 8.33. The molecule has 1 aliphatic rings. The maximum absolute atomic E-state index is 13.0. The van der Waals surface area contributed by atoms with Gasteiger partial charge in [-0.05, 0) is 48.5 Å². The first kappa shape index (κ1) is 20.8. The van der Waals surface area contributed by atoms with Crippen LogP contribution < -0.4 is 9.64 Å². The molecule has 3 aromatic rings. The van der Waals surface area contributed by atoms with Crippen LogP contribution in [0.2, 0.25) is 0 Å². The predicted octanol–water partition coefficient (Wildman–Crippen LogP) is 4.07. The van der Waals surface area contributed by atoms with Gasteiger partial charge in [-0.3, -0.25) is 9.89 Å². The first-order valence-corrected chi connectivity index (χ1v) is 9.76. The normalized spacial score (nSPS) is 14.6. The summed E-state index contributed by atoms with van der Waals surface area (Å²) in [7, 11) is 1.59. The summed E-state index contributed by atoms with van der Waals surface area (Å²) in [4.78, 5) is 16.4. The molecule has 1 fully saturated rings. The maximum atomic E-state index is 13.0. The fourth-order valence-electron chi connectivity index (χ4n) is 3.56. The summed E-state index contributed by atoms with van der Waals surface area (Å²) >= 11 is 0. The van der Waals surface area contributed by atoms with Crippen molar-refractivity contribution < 1.29 is 22.7 Å². The molecule has 31 heavy (non-hydrogen) atoms. The minimum atomic E-state index is -4.38. The van der Waals surface area contributed by atoms with Gasteiger partial charge >= 0.3 is 6.18 Å². The Hall–Kier alpha value is -3.49. The van der Waals surface area contributed by atoms with Crippen molar-refractivity contribution in [2.45, 2.75) is 6.18 Å². The Bertz CT molecular complexity index is 1060. The number of aromatic nitrogens is 2. The summed E-state index contributed by atoms with van der Waals surface area (Å²) < 4.78 is 44.0. The van der Waals surface area contributed by atoms with Crippen molar-refractivity contribution in [3.63, 3.8) is 0 Å². The lowest BCUT2D eigenvalue weighted by molar-refractivity contribution is -0.137. The number of rotatable bonds is 4. The highest BCUT2D eigenvalue weighted by atomic mass is 19.4. The summed E-state index contributed by atoms with van der Waals surface area (Å²) in [6, 6.07) is 14.3. The number of anilines is 1. The van der Waals surface area contributed by atoms with E-state index in [0.717, 1.165) is 23.4 Å². The standard InChI is InChI=1S/C22H21F3N4O2/c1-31-18-7-5-15(6-8-18)19-14-20(27-26-19)21(30)29-11-9-28(10-12-29)17-4-2-3-16(13-17)22(23,24)25/h2-8,13-14H,9-12H2,1H3,(H,26,27). The lowest BCUT2D eigenvalue weighted by Gasteiger charge is -2.36. The smallest absolute Gasteiger partial charge is 0.416 e. The molecule has 0 atom stereocenters. The number of alkyl halides is 3. The molecule has 162 valence electrons. The van der Waals surface area contributed by atoms with Gasteiger partial charge in [0, 0.05) is 37.4 Å². The van der Waals surface area contributed by atoms with E-state index in [0.29, 0.717) is 43.3 Å². The van der Waals surface area contributed by atoms with Crippen LogP contribution in [-0.4, -0.2) is 54.3 Å². The van der Waals surface area contributed by atoms with Gasteiger partial charge in [0.2, 0.25) is 0 Å². The Morgan fingerprint density at radius 3 is 2.39 bits per heavy atom. The molecule has 1 aromatic heterocycles. The molecule has 0 unspecified atom stereocenters. The average molecular weight is 430 g/mol. The van der Waals surface area contributed by atoms with Gasteiger partial charge in [0.25, 0.3) is 5.91 Å². The van der Waals surface area contributed by atoms with Crippen molar-refractivity contribution in [1.82, 2.24) is 15.1 Å². The van der Waals surface area contributed by atoms with Gasteiger partial charge < -0.3 is 14.5 Å². The van der Waals surface area contributed by atoms with Crippen LogP contribution >= 0.6 is 0 Å². The largest absolute Gasteiger partial charge is 0.497 e. The zero-order valence-electron chi connectivity index (χ0n) is 16.8. The van der Waals surface area contributed by atoms with Gasteiger partial charge in [-0.15, -0.1) is 0 Å². The molecular weight excluding hydrogens is 409 g/mol. The molecule has 0 spiro atoms. The quantitative estimate of drug-likeness (QED) is 0.678. The van der Waals surface area contributed by atoms with E-state index in [2.05, 4.69) is 10.2 Å². The van der Waals surface area contributed by atoms with Crippen LogP contribution in [0.4, 0.5) is 18.9 Å². The van der Waals surface area contributed by atoms with Gasteiger partial charge in [-0.2, -0.15) is 18.3 Å². The Morgan fingerprint density at radius 2 is 1.74 bits per heavy atom. The van der Waals surface area contributed by atoms with E-state index in [-0.39, 0.29) is 5.91 Å². The van der Waals surface area contributed by atoms with Crippen LogP contribution in [0.5, 0.6) is 5.75 Å². The van der Waals surface area contributed by atoms with E-state index in [1.54, 1.807) is 24.1 Å². The van der Waals surface area contributed by atoms with Crippen molar-refractivity contribution in [1.29, 1.82) is 0 Å². The highest BCUT2D eigenvalue weighted by Crippen LogP contribution is 2.32. The van der Waals surface area contributed by atoms with Crippen LogP contribution in [0.3, 0.4) is 0 Å². The zero-order valence-corrected chi connectivity index (χ0v) is 16.8. The summed E-state index contributed by atoms with van der Waals surface area (Å²) in [6.45, 7) is 1.72. The Balaban J connectivity index is 1.40. The maximum Gasteiger partial charge on any atom is 0.416 e. The summed E-state index contributed by atoms with van der Waals surface area (Å²) in [5, 5.41) is 7.01. The van der Waals surface area contributed by atoms with E-state index in [1.807, 2.05) is 29.2 Å². The van der Waals surface area contributed by atoms with Crippen molar-refractivity contribution in [3.8, 4) is 17.0 Å². The van der Waals surface area contributed by atoms with Gasteiger partial charge in [0.1, 0.15) is 11.4 Å². The molecule has 0 saturated carbocycles. The van der Waals surface area contributed by atoms with E-state index >= 15 is 0 Å². The molecule has 1 aliphatic heterocycles. The van der Waals surface area contributed by atoms with Gasteiger partial charge in [0.15, 0.2) is 0 Å².